The zero-order valence-corrected chi connectivity index (χ0v) is 50.5. The molecule has 0 radical (unpaired) electrons. The fourth-order valence-electron chi connectivity index (χ4n) is 9.75. The summed E-state index contributed by atoms with van der Waals surface area (Å²) in [6, 6.07) is -0.656. The molecule has 4 heteroatoms. The molecule has 2 atom stereocenters. The summed E-state index contributed by atoms with van der Waals surface area (Å²) in [6.07, 6.45) is 100. The fraction of sp³-hybridized carbons (Fsp3) is 0.736. The summed E-state index contributed by atoms with van der Waals surface area (Å²) in [7, 11) is 0. The lowest BCUT2D eigenvalue weighted by atomic mass is 10.0. The van der Waals surface area contributed by atoms with Gasteiger partial charge in [0.15, 0.2) is 0 Å². The third-order valence-electron chi connectivity index (χ3n) is 14.7. The monoisotopic (exact) mass is 1050 g/mol. The van der Waals surface area contributed by atoms with Gasteiger partial charge in [0.2, 0.25) is 5.91 Å². The third-order valence-corrected chi connectivity index (χ3v) is 14.7. The molecule has 1 amide bonds. The van der Waals surface area contributed by atoms with Gasteiger partial charge in [-0.2, -0.15) is 0 Å². The molecule has 0 bridgehead atoms. The minimum Gasteiger partial charge on any atom is -0.394 e. The zero-order chi connectivity index (χ0) is 54.8. The van der Waals surface area contributed by atoms with Crippen molar-refractivity contribution in [3.8, 4) is 0 Å². The summed E-state index contributed by atoms with van der Waals surface area (Å²) in [5.74, 6) is -0.0815. The first-order valence-electron chi connectivity index (χ1n) is 33.1. The summed E-state index contributed by atoms with van der Waals surface area (Å²) < 4.78 is 0. The fourth-order valence-corrected chi connectivity index (χ4v) is 9.75. The number of carbonyl (C=O) groups is 1. The van der Waals surface area contributed by atoms with Crippen LogP contribution in [0.3, 0.4) is 0 Å². The number of allylic oxidation sites excluding steroid dienone is 17. The average molecular weight is 1050 g/mol. The van der Waals surface area contributed by atoms with E-state index in [4.69, 9.17) is 0 Å². The van der Waals surface area contributed by atoms with Crippen LogP contribution in [0.5, 0.6) is 0 Å². The zero-order valence-electron chi connectivity index (χ0n) is 50.5. The van der Waals surface area contributed by atoms with Gasteiger partial charge in [0.1, 0.15) is 0 Å². The van der Waals surface area contributed by atoms with Gasteiger partial charge in [0, 0.05) is 6.42 Å². The Balaban J connectivity index is 3.56. The third kappa shape index (κ3) is 61.9. The Bertz CT molecular complexity index is 1430. The minimum absolute atomic E-state index is 0.0815. The molecule has 0 aliphatic carbocycles. The molecule has 0 saturated carbocycles. The van der Waals surface area contributed by atoms with Gasteiger partial charge in [-0.1, -0.05) is 329 Å². The van der Waals surface area contributed by atoms with Crippen LogP contribution in [0, 0.1) is 0 Å². The van der Waals surface area contributed by atoms with Gasteiger partial charge in [-0.3, -0.25) is 4.79 Å². The van der Waals surface area contributed by atoms with Crippen molar-refractivity contribution in [2.24, 2.45) is 0 Å². The van der Waals surface area contributed by atoms with Gasteiger partial charge < -0.3 is 15.5 Å². The van der Waals surface area contributed by atoms with Crippen LogP contribution in [0.1, 0.15) is 322 Å². The minimum atomic E-state index is -0.880. The second-order valence-corrected chi connectivity index (χ2v) is 22.1. The Hall–Kier alpha value is -2.95. The number of hydrogen-bond donors (Lipinski definition) is 3. The quantitative estimate of drug-likeness (QED) is 0.0420. The van der Waals surface area contributed by atoms with Crippen molar-refractivity contribution >= 4 is 5.91 Å². The van der Waals surface area contributed by atoms with E-state index in [1.165, 1.54) is 225 Å². The van der Waals surface area contributed by atoms with Crippen LogP contribution in [0.15, 0.2) is 109 Å². The molecule has 0 heterocycles. The molecule has 0 spiro atoms. The van der Waals surface area contributed by atoms with Gasteiger partial charge in [-0.15, -0.1) is 0 Å². The van der Waals surface area contributed by atoms with Crippen LogP contribution >= 0.6 is 0 Å². The lowest BCUT2D eigenvalue weighted by molar-refractivity contribution is -0.123. The van der Waals surface area contributed by atoms with Crippen LogP contribution in [0.2, 0.25) is 0 Å². The number of hydrogen-bond acceptors (Lipinski definition) is 3. The number of amides is 1. The van der Waals surface area contributed by atoms with Crippen molar-refractivity contribution < 1.29 is 15.0 Å². The van der Waals surface area contributed by atoms with E-state index in [9.17, 15) is 15.0 Å². The summed E-state index contributed by atoms with van der Waals surface area (Å²) >= 11 is 0. The number of carbonyl (C=O) groups excluding carboxylic acids is 1. The highest BCUT2D eigenvalue weighted by atomic mass is 16.3. The van der Waals surface area contributed by atoms with E-state index < -0.39 is 12.1 Å². The molecule has 76 heavy (non-hydrogen) atoms. The first-order chi connectivity index (χ1) is 37.7. The van der Waals surface area contributed by atoms with Crippen LogP contribution < -0.4 is 5.32 Å². The highest BCUT2D eigenvalue weighted by Gasteiger charge is 2.18. The topological polar surface area (TPSA) is 69.6 Å². The number of nitrogens with one attached hydrogen (secondary N) is 1. The van der Waals surface area contributed by atoms with E-state index in [2.05, 4.69) is 116 Å². The van der Waals surface area contributed by atoms with E-state index >= 15 is 0 Å². The van der Waals surface area contributed by atoms with Gasteiger partial charge in [0.05, 0.1) is 18.8 Å². The van der Waals surface area contributed by atoms with E-state index in [-0.39, 0.29) is 12.5 Å². The standard InChI is InChI=1S/C72H127NO3/c1-3-5-7-9-11-13-15-17-19-21-23-25-27-29-31-33-35-36-38-39-41-43-45-47-49-51-53-55-57-59-61-63-65-67-71(75)70(69-74)73-72(76)68-66-64-62-60-58-56-54-52-50-48-46-44-42-40-37-34-32-30-28-26-24-22-20-18-16-14-12-10-8-6-4-2/h6,8,12,14,18,20,24,26,30,32,37,40,49,51,57,59,65,67,70-71,74-75H,3-5,7,9-11,13,15-17,19,21-23,25,27-29,31,33-36,38-39,41-48,50,52-56,58,60-64,66,68-69H2,1-2H3,(H,73,76)/b8-6-,14-12-,20-18-,26-24-,32-30-,40-37-,51-49+,59-57+,67-65+. The normalized spacial score (nSPS) is 13.5. The van der Waals surface area contributed by atoms with Crippen molar-refractivity contribution in [2.45, 2.75) is 334 Å². The van der Waals surface area contributed by atoms with Gasteiger partial charge in [0.25, 0.3) is 0 Å². The lowest BCUT2D eigenvalue weighted by Crippen LogP contribution is -2.45. The van der Waals surface area contributed by atoms with Crippen molar-refractivity contribution in [3.05, 3.63) is 109 Å². The highest BCUT2D eigenvalue weighted by molar-refractivity contribution is 5.76. The molecule has 0 aromatic heterocycles. The molecule has 4 nitrogen and oxygen atoms in total. The molecule has 0 rings (SSSR count). The summed E-state index contributed by atoms with van der Waals surface area (Å²) in [6.45, 7) is 4.20. The van der Waals surface area contributed by atoms with Crippen molar-refractivity contribution in [1.82, 2.24) is 5.32 Å². The van der Waals surface area contributed by atoms with Gasteiger partial charge in [-0.25, -0.2) is 0 Å². The first kappa shape index (κ1) is 73.0. The number of unbranched alkanes of at least 4 members (excludes halogenated alkanes) is 37. The van der Waals surface area contributed by atoms with E-state index in [1.807, 2.05) is 6.08 Å². The molecule has 0 aromatic carbocycles. The van der Waals surface area contributed by atoms with Gasteiger partial charge in [-0.05, 0) is 96.3 Å². The van der Waals surface area contributed by atoms with Crippen LogP contribution in [-0.2, 0) is 4.79 Å². The molecule has 2 unspecified atom stereocenters. The molecule has 438 valence electrons. The number of aliphatic hydroxyl groups excluding tert-OH is 2. The predicted octanol–water partition coefficient (Wildman–Crippen LogP) is 22.6. The Morgan fingerprint density at radius 3 is 0.921 bits per heavy atom. The SMILES string of the molecule is CC/C=C\C/C=C\C/C=C\C/C=C\C/C=C\C/C=C\CCCCCCCCCCCCCCC(=O)NC(CO)C(O)/C=C/CC/C=C/CC/C=C/CCCCCCCCCCCCCCCCCCCCCCCCC. The Labute approximate surface area is 474 Å². The second-order valence-electron chi connectivity index (χ2n) is 22.1. The summed E-state index contributed by atoms with van der Waals surface area (Å²) in [4.78, 5) is 12.5. The number of aliphatic hydroxyl groups is 2. The van der Waals surface area contributed by atoms with Crippen molar-refractivity contribution in [2.75, 3.05) is 6.61 Å². The largest absolute Gasteiger partial charge is 0.394 e. The molecule has 0 aliphatic heterocycles. The summed E-state index contributed by atoms with van der Waals surface area (Å²) in [5, 5.41) is 23.2. The smallest absolute Gasteiger partial charge is 0.220 e. The Kier molecular flexibility index (Phi) is 63.8. The van der Waals surface area contributed by atoms with Crippen LogP contribution in [0.4, 0.5) is 0 Å². The molecular formula is C72H127NO3. The molecular weight excluding hydrogens is 927 g/mol. The van der Waals surface area contributed by atoms with E-state index in [0.29, 0.717) is 6.42 Å². The first-order valence-corrected chi connectivity index (χ1v) is 33.1. The van der Waals surface area contributed by atoms with Crippen LogP contribution in [0.25, 0.3) is 0 Å². The van der Waals surface area contributed by atoms with Crippen molar-refractivity contribution in [1.29, 1.82) is 0 Å². The van der Waals surface area contributed by atoms with Gasteiger partial charge >= 0.3 is 0 Å². The Morgan fingerprint density at radius 2 is 0.592 bits per heavy atom. The lowest BCUT2D eigenvalue weighted by Gasteiger charge is -2.19. The summed E-state index contributed by atoms with van der Waals surface area (Å²) in [5.41, 5.74) is 0. The van der Waals surface area contributed by atoms with E-state index in [0.717, 1.165) is 77.0 Å². The maximum atomic E-state index is 12.5. The number of rotatable bonds is 60. The second kappa shape index (κ2) is 66.3. The molecule has 0 aliphatic rings. The highest BCUT2D eigenvalue weighted by Crippen LogP contribution is 2.17. The van der Waals surface area contributed by atoms with E-state index in [1.54, 1.807) is 6.08 Å². The predicted molar refractivity (Wildman–Crippen MR) is 340 cm³/mol. The molecule has 0 aromatic rings. The molecule has 3 N–H and O–H groups in total. The molecule has 0 saturated heterocycles. The van der Waals surface area contributed by atoms with Crippen molar-refractivity contribution in [3.63, 3.8) is 0 Å². The maximum absolute atomic E-state index is 12.5. The Morgan fingerprint density at radius 1 is 0.329 bits per heavy atom. The maximum Gasteiger partial charge on any atom is 0.220 e. The molecule has 0 fully saturated rings. The average Bonchev–Trinajstić information content (AvgIpc) is 3.42. The van der Waals surface area contributed by atoms with Crippen LogP contribution in [-0.4, -0.2) is 34.9 Å².